The first kappa shape index (κ1) is 14.3. The third-order valence-electron chi connectivity index (χ3n) is 4.19. The van der Waals surface area contributed by atoms with E-state index in [9.17, 15) is 4.79 Å². The maximum Gasteiger partial charge on any atom is 0.220 e. The van der Waals surface area contributed by atoms with Crippen LogP contribution in [0.1, 0.15) is 24.2 Å². The summed E-state index contributed by atoms with van der Waals surface area (Å²) in [6.45, 7) is 1.20. The van der Waals surface area contributed by atoms with Crippen LogP contribution in [-0.4, -0.2) is 28.1 Å². The molecule has 0 aliphatic carbocycles. The van der Waals surface area contributed by atoms with Crippen LogP contribution in [0, 0.1) is 0 Å². The number of carbonyl (C=O) groups is 1. The van der Waals surface area contributed by atoms with Crippen molar-refractivity contribution in [3.63, 3.8) is 0 Å². The van der Waals surface area contributed by atoms with E-state index < -0.39 is 0 Å². The number of carbonyl (C=O) groups excluding carboxylic acids is 1. The summed E-state index contributed by atoms with van der Waals surface area (Å²) in [5.41, 5.74) is 1.97. The van der Waals surface area contributed by atoms with Gasteiger partial charge in [0.1, 0.15) is 18.2 Å². The molecule has 2 aromatic rings. The lowest BCUT2D eigenvalue weighted by Gasteiger charge is -2.20. The number of imidazole rings is 1. The van der Waals surface area contributed by atoms with E-state index in [4.69, 9.17) is 16.3 Å². The summed E-state index contributed by atoms with van der Waals surface area (Å²) >= 11 is 6.06. The molecule has 0 bridgehead atoms. The van der Waals surface area contributed by atoms with E-state index >= 15 is 0 Å². The minimum atomic E-state index is 0.125. The molecular weight excluding hydrogens is 314 g/mol. The van der Waals surface area contributed by atoms with E-state index in [1.807, 2.05) is 24.4 Å². The van der Waals surface area contributed by atoms with Crippen LogP contribution < -0.4 is 10.1 Å². The van der Waals surface area contributed by atoms with E-state index in [-0.39, 0.29) is 11.9 Å². The number of nitrogens with zero attached hydrogens (tertiary/aromatic N) is 2. The third-order valence-corrected chi connectivity index (χ3v) is 4.42. The molecule has 23 heavy (non-hydrogen) atoms. The van der Waals surface area contributed by atoms with Crippen LogP contribution >= 0.6 is 11.6 Å². The Hall–Kier alpha value is -2.27. The summed E-state index contributed by atoms with van der Waals surface area (Å²) in [7, 11) is 0. The number of amides is 1. The predicted molar refractivity (Wildman–Crippen MR) is 88.2 cm³/mol. The molecule has 0 radical (unpaired) electrons. The first-order valence-electron chi connectivity index (χ1n) is 7.63. The first-order chi connectivity index (χ1) is 11.2. The Morgan fingerprint density at radius 1 is 1.43 bits per heavy atom. The van der Waals surface area contributed by atoms with Gasteiger partial charge in [-0.15, -0.1) is 0 Å². The minimum absolute atomic E-state index is 0.125. The highest BCUT2D eigenvalue weighted by molar-refractivity contribution is 6.30. The Kier molecular flexibility index (Phi) is 3.58. The monoisotopic (exact) mass is 329 g/mol. The molecule has 0 saturated carbocycles. The lowest BCUT2D eigenvalue weighted by molar-refractivity contribution is -0.119. The number of aromatic nitrogens is 2. The van der Waals surface area contributed by atoms with Crippen molar-refractivity contribution in [3.8, 4) is 5.75 Å². The Morgan fingerprint density at radius 2 is 2.35 bits per heavy atom. The molecule has 1 amide bonds. The maximum absolute atomic E-state index is 11.4. The normalized spacial score (nSPS) is 19.8. The molecule has 0 spiro atoms. The molecule has 6 heteroatoms. The van der Waals surface area contributed by atoms with Gasteiger partial charge < -0.3 is 14.6 Å². The van der Waals surface area contributed by atoms with Crippen molar-refractivity contribution in [2.45, 2.75) is 25.4 Å². The van der Waals surface area contributed by atoms with Gasteiger partial charge in [-0.2, -0.15) is 0 Å². The topological polar surface area (TPSA) is 56.2 Å². The fraction of sp³-hybridized carbons (Fsp3) is 0.294. The second-order valence-corrected chi connectivity index (χ2v) is 6.28. The van der Waals surface area contributed by atoms with Gasteiger partial charge in [-0.3, -0.25) is 4.79 Å². The maximum atomic E-state index is 11.4. The summed E-state index contributed by atoms with van der Waals surface area (Å²) in [5.74, 6) is 1.83. The van der Waals surface area contributed by atoms with Gasteiger partial charge in [-0.05, 0) is 30.7 Å². The highest BCUT2D eigenvalue weighted by Gasteiger charge is 2.23. The summed E-state index contributed by atoms with van der Waals surface area (Å²) in [4.78, 5) is 15.8. The van der Waals surface area contributed by atoms with Gasteiger partial charge in [-0.1, -0.05) is 11.6 Å². The first-order valence-corrected chi connectivity index (χ1v) is 8.00. The number of fused-ring (bicyclic) bond motifs is 1. The van der Waals surface area contributed by atoms with E-state index in [1.54, 1.807) is 6.20 Å². The zero-order valence-electron chi connectivity index (χ0n) is 12.5. The van der Waals surface area contributed by atoms with Gasteiger partial charge in [0.05, 0.1) is 0 Å². The van der Waals surface area contributed by atoms with Crippen LogP contribution in [0.5, 0.6) is 5.75 Å². The molecule has 1 fully saturated rings. The van der Waals surface area contributed by atoms with Crippen molar-refractivity contribution >= 4 is 29.2 Å². The number of nitrogens with one attached hydrogen (secondary N) is 1. The molecule has 1 saturated heterocycles. The molecule has 118 valence electrons. The van der Waals surface area contributed by atoms with Crippen LogP contribution in [0.4, 0.5) is 0 Å². The molecule has 1 N–H and O–H groups in total. The van der Waals surface area contributed by atoms with E-state index in [2.05, 4.69) is 20.9 Å². The van der Waals surface area contributed by atoms with Gasteiger partial charge in [0.15, 0.2) is 0 Å². The van der Waals surface area contributed by atoms with Crippen LogP contribution in [0.15, 0.2) is 30.6 Å². The Morgan fingerprint density at radius 3 is 3.17 bits per heavy atom. The van der Waals surface area contributed by atoms with Crippen molar-refractivity contribution < 1.29 is 9.53 Å². The average Bonchev–Trinajstić information content (AvgIpc) is 3.16. The molecular formula is C17H16ClN3O2. The van der Waals surface area contributed by atoms with Crippen molar-refractivity contribution in [1.82, 2.24) is 14.9 Å². The molecule has 2 aliphatic rings. The number of hydrogen-bond donors (Lipinski definition) is 1. The highest BCUT2D eigenvalue weighted by atomic mass is 35.5. The van der Waals surface area contributed by atoms with E-state index in [1.165, 1.54) is 0 Å². The Bertz CT molecular complexity index is 797. The summed E-state index contributed by atoms with van der Waals surface area (Å²) in [6.07, 6.45) is 7.25. The lowest BCUT2D eigenvalue weighted by atomic mass is 10.1. The molecule has 5 nitrogen and oxygen atoms in total. The fourth-order valence-corrected chi connectivity index (χ4v) is 3.25. The Labute approximate surface area is 138 Å². The number of ether oxygens (including phenoxy) is 1. The zero-order chi connectivity index (χ0) is 15.8. The third kappa shape index (κ3) is 2.84. The number of halogens is 1. The molecule has 1 aromatic carbocycles. The summed E-state index contributed by atoms with van der Waals surface area (Å²) in [6, 6.07) is 5.76. The molecule has 1 atom stereocenters. The lowest BCUT2D eigenvalue weighted by Crippen LogP contribution is -2.30. The smallest absolute Gasteiger partial charge is 0.220 e. The highest BCUT2D eigenvalue weighted by Crippen LogP contribution is 2.32. The average molecular weight is 330 g/mol. The van der Waals surface area contributed by atoms with Gasteiger partial charge in [0.2, 0.25) is 5.91 Å². The van der Waals surface area contributed by atoms with Crippen molar-refractivity contribution in [1.29, 1.82) is 0 Å². The van der Waals surface area contributed by atoms with Crippen LogP contribution in [-0.2, 0) is 11.3 Å². The van der Waals surface area contributed by atoms with Crippen LogP contribution in [0.3, 0.4) is 0 Å². The molecule has 4 rings (SSSR count). The number of benzene rings is 1. The largest absolute Gasteiger partial charge is 0.488 e. The van der Waals surface area contributed by atoms with E-state index in [0.717, 1.165) is 35.7 Å². The molecule has 1 aromatic heterocycles. The van der Waals surface area contributed by atoms with Gasteiger partial charge >= 0.3 is 0 Å². The van der Waals surface area contributed by atoms with Crippen LogP contribution in [0.2, 0.25) is 5.02 Å². The van der Waals surface area contributed by atoms with E-state index in [0.29, 0.717) is 18.1 Å². The van der Waals surface area contributed by atoms with Crippen molar-refractivity contribution in [3.05, 3.63) is 47.0 Å². The standard InChI is InChI=1S/C17H16ClN3O2/c18-13-1-3-15-11(8-13)7-12(10-23-15)17-19-5-6-21(17)9-14-2-4-16(22)20-14/h1,3,5-8,14H,2,4,9-10H2,(H,20,22). The van der Waals surface area contributed by atoms with Gasteiger partial charge in [0, 0.05) is 47.6 Å². The van der Waals surface area contributed by atoms with Gasteiger partial charge in [-0.25, -0.2) is 4.98 Å². The Balaban J connectivity index is 1.62. The molecule has 1 unspecified atom stereocenters. The summed E-state index contributed by atoms with van der Waals surface area (Å²) < 4.78 is 7.88. The summed E-state index contributed by atoms with van der Waals surface area (Å²) in [5, 5.41) is 3.67. The van der Waals surface area contributed by atoms with Crippen molar-refractivity contribution in [2.75, 3.05) is 6.61 Å². The second kappa shape index (κ2) is 5.74. The predicted octanol–water partition coefficient (Wildman–Crippen LogP) is 2.75. The molecule has 3 heterocycles. The number of hydrogen-bond acceptors (Lipinski definition) is 3. The molecule has 2 aliphatic heterocycles. The second-order valence-electron chi connectivity index (χ2n) is 5.85. The van der Waals surface area contributed by atoms with Crippen LogP contribution in [0.25, 0.3) is 11.6 Å². The fourth-order valence-electron chi connectivity index (χ4n) is 3.07. The number of rotatable bonds is 3. The SMILES string of the molecule is O=C1CCC(Cn2ccnc2C2=Cc3cc(Cl)ccc3OC2)N1. The van der Waals surface area contributed by atoms with Gasteiger partial charge in [0.25, 0.3) is 0 Å². The quantitative estimate of drug-likeness (QED) is 0.942. The van der Waals surface area contributed by atoms with Crippen molar-refractivity contribution in [2.24, 2.45) is 0 Å². The minimum Gasteiger partial charge on any atom is -0.488 e. The zero-order valence-corrected chi connectivity index (χ0v) is 13.2.